The van der Waals surface area contributed by atoms with Crippen molar-refractivity contribution in [3.05, 3.63) is 67.3 Å². The van der Waals surface area contributed by atoms with Gasteiger partial charge in [-0.2, -0.15) is 5.10 Å². The highest BCUT2D eigenvalue weighted by atomic mass is 19.1. The van der Waals surface area contributed by atoms with Gasteiger partial charge in [-0.25, -0.2) is 14.4 Å². The molecule has 1 aliphatic rings. The van der Waals surface area contributed by atoms with Gasteiger partial charge >= 0.3 is 0 Å². The molecule has 0 aromatic carbocycles. The van der Waals surface area contributed by atoms with Crippen molar-refractivity contribution >= 4 is 33.7 Å². The lowest BCUT2D eigenvalue weighted by molar-refractivity contribution is -0.119. The number of pyridine rings is 4. The Balaban J connectivity index is 1.28. The number of fused-ring (bicyclic) bond motifs is 2. The van der Waals surface area contributed by atoms with Gasteiger partial charge in [-0.3, -0.25) is 24.8 Å². The van der Waals surface area contributed by atoms with Crippen molar-refractivity contribution in [1.82, 2.24) is 40.1 Å². The fourth-order valence-electron chi connectivity index (χ4n) is 5.21. The number of nitrogens with zero attached hydrogens (tertiary/aromatic N) is 6. The molecule has 39 heavy (non-hydrogen) atoms. The van der Waals surface area contributed by atoms with Crippen LogP contribution in [-0.4, -0.2) is 46.0 Å². The minimum absolute atomic E-state index is 0.00530. The molecule has 0 aliphatic heterocycles. The lowest BCUT2D eigenvalue weighted by atomic mass is 10.1. The van der Waals surface area contributed by atoms with Crippen molar-refractivity contribution in [2.24, 2.45) is 5.92 Å². The summed E-state index contributed by atoms with van der Waals surface area (Å²) in [5.74, 6) is -0.222. The molecule has 1 aliphatic carbocycles. The molecule has 192 valence electrons. The van der Waals surface area contributed by atoms with E-state index >= 15 is 4.39 Å². The van der Waals surface area contributed by atoms with Crippen LogP contribution in [0.4, 0.5) is 10.1 Å². The molecule has 6 aromatic heterocycles. The van der Waals surface area contributed by atoms with Crippen LogP contribution in [0.2, 0.25) is 0 Å². The smallest absolute Gasteiger partial charge is 0.227 e. The topological polar surface area (TPSA) is 138 Å². The van der Waals surface area contributed by atoms with Gasteiger partial charge in [0, 0.05) is 41.8 Å². The predicted octanol–water partition coefficient (Wildman–Crippen LogP) is 5.29. The summed E-state index contributed by atoms with van der Waals surface area (Å²) in [4.78, 5) is 37.5. The quantitative estimate of drug-likeness (QED) is 0.281. The van der Waals surface area contributed by atoms with Crippen LogP contribution in [0.1, 0.15) is 25.7 Å². The number of rotatable bonds is 5. The molecule has 0 unspecified atom stereocenters. The first-order chi connectivity index (χ1) is 19.2. The van der Waals surface area contributed by atoms with Gasteiger partial charge in [-0.1, -0.05) is 12.8 Å². The third-order valence-corrected chi connectivity index (χ3v) is 7.16. The van der Waals surface area contributed by atoms with E-state index < -0.39 is 5.82 Å². The Morgan fingerprint density at radius 1 is 0.949 bits per heavy atom. The minimum Gasteiger partial charge on any atom is -0.335 e. The highest BCUT2D eigenvalue weighted by Gasteiger charge is 2.24. The van der Waals surface area contributed by atoms with E-state index in [2.05, 4.69) is 45.4 Å². The molecule has 1 amide bonds. The van der Waals surface area contributed by atoms with E-state index in [1.165, 1.54) is 12.4 Å². The fourth-order valence-corrected chi connectivity index (χ4v) is 5.21. The molecule has 0 radical (unpaired) electrons. The summed E-state index contributed by atoms with van der Waals surface area (Å²) in [6.45, 7) is 0. The molecular formula is C28H22FN9O. The van der Waals surface area contributed by atoms with Gasteiger partial charge < -0.3 is 10.3 Å². The number of amides is 1. The predicted molar refractivity (Wildman–Crippen MR) is 144 cm³/mol. The number of aromatic nitrogens is 8. The molecule has 0 bridgehead atoms. The van der Waals surface area contributed by atoms with E-state index in [-0.39, 0.29) is 22.9 Å². The first-order valence-electron chi connectivity index (χ1n) is 12.7. The third-order valence-electron chi connectivity index (χ3n) is 7.16. The first kappa shape index (κ1) is 23.1. The van der Waals surface area contributed by atoms with Crippen LogP contribution < -0.4 is 5.32 Å². The lowest BCUT2D eigenvalue weighted by Crippen LogP contribution is -2.20. The maximum Gasteiger partial charge on any atom is 0.227 e. The van der Waals surface area contributed by atoms with Gasteiger partial charge in [0.2, 0.25) is 5.91 Å². The number of H-pyrrole nitrogens is 2. The lowest BCUT2D eigenvalue weighted by Gasteiger charge is -2.11. The number of hydrogen-bond acceptors (Lipinski definition) is 7. The summed E-state index contributed by atoms with van der Waals surface area (Å²) in [6, 6.07) is 7.36. The fraction of sp³-hybridized carbons (Fsp3) is 0.179. The highest BCUT2D eigenvalue weighted by molar-refractivity contribution is 5.97. The number of anilines is 1. The second-order valence-corrected chi connectivity index (χ2v) is 9.59. The molecule has 7 rings (SSSR count). The molecule has 0 atom stereocenters. The summed E-state index contributed by atoms with van der Waals surface area (Å²) < 4.78 is 16.1. The highest BCUT2D eigenvalue weighted by Crippen LogP contribution is 2.34. The van der Waals surface area contributed by atoms with Crippen molar-refractivity contribution in [1.29, 1.82) is 0 Å². The van der Waals surface area contributed by atoms with E-state index in [1.807, 2.05) is 18.2 Å². The summed E-state index contributed by atoms with van der Waals surface area (Å²) in [5.41, 5.74) is 4.81. The number of halogens is 1. The minimum atomic E-state index is -0.569. The standard InChI is InChI=1S/C28H22FN9O/c29-22-21-20(14-33-23(22)17-11-18(13-31-12-17)34-28(39)16-3-1-2-4-16)37-38-25(21)27-35-24-19(7-10-32-26(24)36-27)15-5-8-30-9-6-15/h5-14,16H,1-4H2,(H,34,39)(H,37,38)(H,32,35,36). The molecular weight excluding hydrogens is 497 g/mol. The van der Waals surface area contributed by atoms with Gasteiger partial charge in [0.25, 0.3) is 0 Å². The Kier molecular flexibility index (Phi) is 5.54. The Labute approximate surface area is 221 Å². The number of hydrogen-bond donors (Lipinski definition) is 3. The number of imidazole rings is 1. The van der Waals surface area contributed by atoms with E-state index in [0.717, 1.165) is 36.8 Å². The van der Waals surface area contributed by atoms with Gasteiger partial charge in [-0.05, 0) is 42.7 Å². The maximum absolute atomic E-state index is 16.1. The normalized spacial score (nSPS) is 13.9. The van der Waals surface area contributed by atoms with Crippen molar-refractivity contribution in [2.45, 2.75) is 25.7 Å². The molecule has 6 aromatic rings. The molecule has 10 nitrogen and oxygen atoms in total. The Morgan fingerprint density at radius 2 is 1.79 bits per heavy atom. The van der Waals surface area contributed by atoms with E-state index in [9.17, 15) is 4.79 Å². The number of carbonyl (C=O) groups excluding carboxylic acids is 1. The number of carbonyl (C=O) groups is 1. The van der Waals surface area contributed by atoms with Crippen LogP contribution in [0.5, 0.6) is 0 Å². The zero-order chi connectivity index (χ0) is 26.3. The van der Waals surface area contributed by atoms with Crippen molar-refractivity contribution < 1.29 is 9.18 Å². The molecule has 0 saturated heterocycles. The van der Waals surface area contributed by atoms with Crippen molar-refractivity contribution in [2.75, 3.05) is 5.32 Å². The van der Waals surface area contributed by atoms with Crippen LogP contribution in [-0.2, 0) is 4.79 Å². The largest absolute Gasteiger partial charge is 0.335 e. The third kappa shape index (κ3) is 4.08. The summed E-state index contributed by atoms with van der Waals surface area (Å²) in [6.07, 6.45) is 13.6. The van der Waals surface area contributed by atoms with Crippen LogP contribution in [0, 0.1) is 11.7 Å². The van der Waals surface area contributed by atoms with Crippen LogP contribution in [0.15, 0.2) is 61.4 Å². The second-order valence-electron chi connectivity index (χ2n) is 9.59. The maximum atomic E-state index is 16.1. The molecule has 0 spiro atoms. The van der Waals surface area contributed by atoms with Gasteiger partial charge in [0.1, 0.15) is 11.4 Å². The summed E-state index contributed by atoms with van der Waals surface area (Å²) >= 11 is 0. The molecule has 1 fully saturated rings. The molecule has 11 heteroatoms. The van der Waals surface area contributed by atoms with E-state index in [1.54, 1.807) is 30.9 Å². The van der Waals surface area contributed by atoms with Gasteiger partial charge in [0.15, 0.2) is 17.3 Å². The first-order valence-corrected chi connectivity index (χ1v) is 12.7. The van der Waals surface area contributed by atoms with Crippen LogP contribution >= 0.6 is 0 Å². The number of nitrogens with one attached hydrogen (secondary N) is 3. The number of aromatic amines is 2. The second kappa shape index (κ2) is 9.35. The Hall–Kier alpha value is -5.06. The average molecular weight is 520 g/mol. The molecule has 1 saturated carbocycles. The molecule has 3 N–H and O–H groups in total. The molecule has 6 heterocycles. The monoisotopic (exact) mass is 519 g/mol. The van der Waals surface area contributed by atoms with E-state index in [0.29, 0.717) is 39.4 Å². The zero-order valence-corrected chi connectivity index (χ0v) is 20.6. The summed E-state index contributed by atoms with van der Waals surface area (Å²) in [5, 5.41) is 10.4. The van der Waals surface area contributed by atoms with Crippen LogP contribution in [0.3, 0.4) is 0 Å². The SMILES string of the molecule is O=C(Nc1cncc(-c2ncc3[nH]nc(-c4nc5nccc(-c6ccncc6)c5[nH]4)c3c2F)c1)C1CCCC1. The Morgan fingerprint density at radius 3 is 2.64 bits per heavy atom. The van der Waals surface area contributed by atoms with Crippen molar-refractivity contribution in [3.8, 4) is 33.9 Å². The van der Waals surface area contributed by atoms with Gasteiger partial charge in [-0.15, -0.1) is 0 Å². The summed E-state index contributed by atoms with van der Waals surface area (Å²) in [7, 11) is 0. The van der Waals surface area contributed by atoms with Crippen molar-refractivity contribution in [3.63, 3.8) is 0 Å². The van der Waals surface area contributed by atoms with Gasteiger partial charge in [0.05, 0.1) is 34.5 Å². The van der Waals surface area contributed by atoms with E-state index in [4.69, 9.17) is 0 Å². The Bertz CT molecular complexity index is 1840. The van der Waals surface area contributed by atoms with Crippen LogP contribution in [0.25, 0.3) is 56.0 Å². The average Bonchev–Trinajstić information content (AvgIpc) is 3.73. The zero-order valence-electron chi connectivity index (χ0n) is 20.6.